The fourth-order valence-electron chi connectivity index (χ4n) is 3.25. The molecule has 1 fully saturated rings. The topological polar surface area (TPSA) is 66.0 Å². The molecule has 6 nitrogen and oxygen atoms in total. The first-order chi connectivity index (χ1) is 14.9. The second-order valence-electron chi connectivity index (χ2n) is 6.67. The maximum Gasteiger partial charge on any atom is 0.166 e. The minimum Gasteiger partial charge on any atom is -0.493 e. The van der Waals surface area contributed by atoms with Gasteiger partial charge in [0.25, 0.3) is 0 Å². The molecule has 1 N–H and O–H groups in total. The number of allylic oxidation sites excluding steroid dienone is 1. The Morgan fingerprint density at radius 2 is 1.23 bits per heavy atom. The van der Waals surface area contributed by atoms with Gasteiger partial charge in [-0.2, -0.15) is 0 Å². The highest BCUT2D eigenvalue weighted by Gasteiger charge is 2.21. The molecule has 8 heteroatoms. The first kappa shape index (κ1) is 23.2. The number of methoxy groups -OCH3 is 4. The minimum atomic E-state index is 0.0586. The summed E-state index contributed by atoms with van der Waals surface area (Å²) >= 11 is 7.14. The fraction of sp³-hybridized carbons (Fsp3) is 0.261. The summed E-state index contributed by atoms with van der Waals surface area (Å²) in [4.78, 5) is 12.8. The van der Waals surface area contributed by atoms with Crippen LogP contribution < -0.4 is 24.3 Å². The summed E-state index contributed by atoms with van der Waals surface area (Å²) in [6, 6.07) is 7.35. The number of piperidine rings is 1. The van der Waals surface area contributed by atoms with Crippen LogP contribution in [0.1, 0.15) is 17.5 Å². The van der Waals surface area contributed by atoms with E-state index in [2.05, 4.69) is 37.2 Å². The van der Waals surface area contributed by atoms with Crippen LogP contribution in [0, 0.1) is 0 Å². The van der Waals surface area contributed by atoms with E-state index < -0.39 is 0 Å². The molecule has 2 aromatic carbocycles. The van der Waals surface area contributed by atoms with E-state index in [-0.39, 0.29) is 5.78 Å². The summed E-state index contributed by atoms with van der Waals surface area (Å²) in [5.41, 5.74) is 2.97. The molecule has 2 aromatic rings. The Balaban J connectivity index is 2.10. The predicted molar refractivity (Wildman–Crippen MR) is 128 cm³/mol. The van der Waals surface area contributed by atoms with Gasteiger partial charge in [-0.15, -0.1) is 0 Å². The van der Waals surface area contributed by atoms with Gasteiger partial charge in [0.2, 0.25) is 0 Å². The van der Waals surface area contributed by atoms with Crippen LogP contribution in [0.5, 0.6) is 23.0 Å². The van der Waals surface area contributed by atoms with Gasteiger partial charge in [0.1, 0.15) is 0 Å². The zero-order chi connectivity index (χ0) is 22.5. The summed E-state index contributed by atoms with van der Waals surface area (Å²) in [6.45, 7) is 0.569. The van der Waals surface area contributed by atoms with Crippen molar-refractivity contribution in [2.75, 3.05) is 35.0 Å². The van der Waals surface area contributed by atoms with Crippen molar-refractivity contribution in [2.24, 2.45) is 0 Å². The van der Waals surface area contributed by atoms with Crippen LogP contribution >= 0.6 is 31.9 Å². The van der Waals surface area contributed by atoms with Crippen molar-refractivity contribution >= 4 is 49.8 Å². The van der Waals surface area contributed by atoms with Crippen LogP contribution in [0.15, 0.2) is 44.5 Å². The van der Waals surface area contributed by atoms with Crippen LogP contribution in [-0.2, 0) is 4.79 Å². The molecule has 164 valence electrons. The van der Waals surface area contributed by atoms with E-state index >= 15 is 0 Å². The number of nitrogens with one attached hydrogen (secondary N) is 1. The lowest BCUT2D eigenvalue weighted by Gasteiger charge is -2.21. The molecule has 0 radical (unpaired) electrons. The first-order valence-corrected chi connectivity index (χ1v) is 11.0. The number of benzene rings is 2. The van der Waals surface area contributed by atoms with Crippen LogP contribution in [0.2, 0.25) is 0 Å². The van der Waals surface area contributed by atoms with E-state index in [0.29, 0.717) is 41.5 Å². The summed E-state index contributed by atoms with van der Waals surface area (Å²) < 4.78 is 23.1. The van der Waals surface area contributed by atoms with Gasteiger partial charge in [0.15, 0.2) is 28.8 Å². The second-order valence-corrected chi connectivity index (χ2v) is 8.38. The molecule has 1 aliphatic rings. The van der Waals surface area contributed by atoms with Crippen LogP contribution in [0.3, 0.4) is 0 Å². The number of hydrogen-bond donors (Lipinski definition) is 1. The largest absolute Gasteiger partial charge is 0.493 e. The van der Waals surface area contributed by atoms with E-state index in [4.69, 9.17) is 18.9 Å². The Morgan fingerprint density at radius 1 is 0.774 bits per heavy atom. The molecule has 0 amide bonds. The van der Waals surface area contributed by atoms with Crippen LogP contribution in [-0.4, -0.2) is 40.8 Å². The molecule has 0 saturated carbocycles. The van der Waals surface area contributed by atoms with Gasteiger partial charge in [-0.3, -0.25) is 4.79 Å². The van der Waals surface area contributed by atoms with Gasteiger partial charge < -0.3 is 24.3 Å². The quantitative estimate of drug-likeness (QED) is 0.495. The molecule has 31 heavy (non-hydrogen) atoms. The third-order valence-electron chi connectivity index (χ3n) is 4.86. The Hall–Kier alpha value is -2.45. The maximum atomic E-state index is 12.8. The number of Topliss-reactive ketones (excluding diaryl/α,β-unsaturated/α-hetero) is 1. The van der Waals surface area contributed by atoms with Gasteiger partial charge in [-0.05, 0) is 47.5 Å². The highest BCUT2D eigenvalue weighted by atomic mass is 79.9. The number of halogens is 2. The highest BCUT2D eigenvalue weighted by Crippen LogP contribution is 2.37. The Bertz CT molecular complexity index is 1060. The lowest BCUT2D eigenvalue weighted by Crippen LogP contribution is -2.28. The summed E-state index contributed by atoms with van der Waals surface area (Å²) in [5.74, 6) is 2.47. The molecule has 1 saturated heterocycles. The fourth-order valence-corrected chi connectivity index (χ4v) is 4.12. The molecule has 1 aliphatic heterocycles. The van der Waals surface area contributed by atoms with E-state index in [1.165, 1.54) is 0 Å². The average Bonchev–Trinajstić information content (AvgIpc) is 2.77. The number of carbonyl (C=O) groups excluding carboxylic acids is 1. The maximum absolute atomic E-state index is 12.8. The van der Waals surface area contributed by atoms with Crippen molar-refractivity contribution in [3.8, 4) is 23.0 Å². The van der Waals surface area contributed by atoms with Crippen LogP contribution in [0.4, 0.5) is 0 Å². The van der Waals surface area contributed by atoms with Gasteiger partial charge in [-0.25, -0.2) is 0 Å². The molecule has 0 aliphatic carbocycles. The van der Waals surface area contributed by atoms with E-state index in [0.717, 1.165) is 25.8 Å². The minimum absolute atomic E-state index is 0.0586. The average molecular weight is 553 g/mol. The molecule has 0 atom stereocenters. The van der Waals surface area contributed by atoms with E-state index in [9.17, 15) is 4.79 Å². The standard InChI is InChI=1S/C23H23Br2NO5/c1-28-20-9-13(16(24)11-22(20)30-3)7-15-18(26-6-5-19(15)27)8-14-10-21(29-2)23(31-4)12-17(14)25/h7-12,26H,5-6H2,1-4H3. The van der Waals surface area contributed by atoms with Crippen LogP contribution in [0.25, 0.3) is 12.2 Å². The number of rotatable bonds is 6. The molecule has 0 aromatic heterocycles. The highest BCUT2D eigenvalue weighted by molar-refractivity contribution is 9.10. The van der Waals surface area contributed by atoms with Crippen molar-refractivity contribution in [3.63, 3.8) is 0 Å². The normalized spacial score (nSPS) is 16.3. The molecule has 3 rings (SSSR count). The van der Waals surface area contributed by atoms with E-state index in [1.807, 2.05) is 36.4 Å². The number of carbonyl (C=O) groups is 1. The van der Waals surface area contributed by atoms with Gasteiger partial charge in [-0.1, -0.05) is 31.9 Å². The van der Waals surface area contributed by atoms with Crippen molar-refractivity contribution < 1.29 is 23.7 Å². The van der Waals surface area contributed by atoms with Crippen molar-refractivity contribution in [3.05, 3.63) is 55.6 Å². The van der Waals surface area contributed by atoms with Gasteiger partial charge in [0.05, 0.1) is 28.4 Å². The predicted octanol–water partition coefficient (Wildman–Crippen LogP) is 5.23. The second kappa shape index (κ2) is 10.2. The zero-order valence-corrected chi connectivity index (χ0v) is 20.8. The third-order valence-corrected chi connectivity index (χ3v) is 6.24. The monoisotopic (exact) mass is 551 g/mol. The lowest BCUT2D eigenvalue weighted by atomic mass is 9.96. The molecule has 1 heterocycles. The molecular weight excluding hydrogens is 530 g/mol. The van der Waals surface area contributed by atoms with Crippen molar-refractivity contribution in [2.45, 2.75) is 6.42 Å². The Morgan fingerprint density at radius 3 is 1.71 bits per heavy atom. The molecular formula is C23H23Br2NO5. The summed E-state index contributed by atoms with van der Waals surface area (Å²) in [7, 11) is 6.34. The van der Waals surface area contributed by atoms with E-state index in [1.54, 1.807) is 28.4 Å². The number of ketones is 1. The van der Waals surface area contributed by atoms with Crippen molar-refractivity contribution in [1.29, 1.82) is 0 Å². The molecule has 0 bridgehead atoms. The Kier molecular flexibility index (Phi) is 7.67. The summed E-state index contributed by atoms with van der Waals surface area (Å²) in [6.07, 6.45) is 4.19. The lowest BCUT2D eigenvalue weighted by molar-refractivity contribution is -0.115. The van der Waals surface area contributed by atoms with Gasteiger partial charge >= 0.3 is 0 Å². The molecule has 0 unspecified atom stereocenters. The Labute approximate surface area is 198 Å². The third kappa shape index (κ3) is 5.07. The molecule has 0 spiro atoms. The first-order valence-electron chi connectivity index (χ1n) is 9.45. The zero-order valence-electron chi connectivity index (χ0n) is 17.7. The smallest absolute Gasteiger partial charge is 0.166 e. The number of hydrogen-bond acceptors (Lipinski definition) is 6. The number of ether oxygens (including phenoxy) is 4. The summed E-state index contributed by atoms with van der Waals surface area (Å²) in [5, 5.41) is 3.34. The van der Waals surface area contributed by atoms with Crippen molar-refractivity contribution in [1.82, 2.24) is 5.32 Å². The SMILES string of the molecule is COc1cc(Br)c(C=C2NCCC(=O)C2=Cc2cc(OC)c(OC)cc2Br)cc1OC. The van der Waals surface area contributed by atoms with Gasteiger partial charge in [0, 0.05) is 33.2 Å².